The number of aromatic amines is 1. The number of aromatic nitrogens is 2. The molecule has 0 atom stereocenters. The van der Waals surface area contributed by atoms with Crippen molar-refractivity contribution in [3.63, 3.8) is 0 Å². The van der Waals surface area contributed by atoms with Gasteiger partial charge in [0, 0.05) is 10.7 Å². The van der Waals surface area contributed by atoms with Crippen LogP contribution in [0.1, 0.15) is 32.1 Å². The van der Waals surface area contributed by atoms with Gasteiger partial charge < -0.3 is 10.4 Å². The maximum Gasteiger partial charge on any atom is 0.337 e. The van der Waals surface area contributed by atoms with E-state index in [0.29, 0.717) is 22.0 Å². The number of benzene rings is 1. The standard InChI is InChI=1S/C13H12ClN3O3/c1-6-11(7(2)17-16-6)12(18)15-10-5-8(14)3-4-9(10)13(19)20/h3-5H,1-2H3,(H,15,18)(H,16,17)(H,19,20). The maximum absolute atomic E-state index is 12.2. The summed E-state index contributed by atoms with van der Waals surface area (Å²) in [5.41, 5.74) is 1.66. The van der Waals surface area contributed by atoms with Gasteiger partial charge in [0.15, 0.2) is 0 Å². The molecule has 6 nitrogen and oxygen atoms in total. The second kappa shape index (κ2) is 5.34. The number of rotatable bonds is 3. The topological polar surface area (TPSA) is 95.1 Å². The number of carboxylic acids is 1. The molecule has 0 aliphatic carbocycles. The van der Waals surface area contributed by atoms with Crippen LogP contribution in [0.2, 0.25) is 5.02 Å². The van der Waals surface area contributed by atoms with Crippen molar-refractivity contribution in [2.75, 3.05) is 5.32 Å². The summed E-state index contributed by atoms with van der Waals surface area (Å²) in [6.45, 7) is 3.40. The molecule has 1 aromatic carbocycles. The molecule has 2 aromatic rings. The van der Waals surface area contributed by atoms with Crippen LogP contribution in [0.15, 0.2) is 18.2 Å². The van der Waals surface area contributed by atoms with Crippen molar-refractivity contribution in [3.8, 4) is 0 Å². The van der Waals surface area contributed by atoms with Crippen LogP contribution in [0.5, 0.6) is 0 Å². The summed E-state index contributed by atoms with van der Waals surface area (Å²) in [5, 5.41) is 18.6. The minimum atomic E-state index is -1.14. The Kier molecular flexibility index (Phi) is 3.76. The molecule has 0 radical (unpaired) electrons. The Labute approximate surface area is 119 Å². The Balaban J connectivity index is 2.37. The number of carbonyl (C=O) groups excluding carboxylic acids is 1. The minimum absolute atomic E-state index is 0.0263. The molecular formula is C13H12ClN3O3. The number of nitrogens with zero attached hydrogens (tertiary/aromatic N) is 1. The predicted octanol–water partition coefficient (Wildman–Crippen LogP) is 2.63. The highest BCUT2D eigenvalue weighted by atomic mass is 35.5. The van der Waals surface area contributed by atoms with Gasteiger partial charge in [-0.15, -0.1) is 0 Å². The summed E-state index contributed by atoms with van der Waals surface area (Å²) >= 11 is 5.83. The first-order chi connectivity index (χ1) is 9.40. The van der Waals surface area contributed by atoms with Gasteiger partial charge in [-0.05, 0) is 32.0 Å². The van der Waals surface area contributed by atoms with Gasteiger partial charge in [0.05, 0.1) is 22.5 Å². The first-order valence-corrected chi connectivity index (χ1v) is 6.13. The Morgan fingerprint density at radius 3 is 2.60 bits per heavy atom. The molecule has 0 aliphatic heterocycles. The number of hydrogen-bond acceptors (Lipinski definition) is 3. The van der Waals surface area contributed by atoms with Crippen LogP contribution in [0.4, 0.5) is 5.69 Å². The van der Waals surface area contributed by atoms with Gasteiger partial charge in [-0.3, -0.25) is 9.89 Å². The molecule has 0 aliphatic rings. The van der Waals surface area contributed by atoms with Crippen molar-refractivity contribution < 1.29 is 14.7 Å². The van der Waals surface area contributed by atoms with E-state index in [9.17, 15) is 9.59 Å². The number of aryl methyl sites for hydroxylation is 2. The van der Waals surface area contributed by atoms with E-state index in [-0.39, 0.29) is 11.3 Å². The third-order valence-electron chi connectivity index (χ3n) is 2.82. The lowest BCUT2D eigenvalue weighted by Gasteiger charge is -2.09. The third-order valence-corrected chi connectivity index (χ3v) is 3.05. The van der Waals surface area contributed by atoms with Crippen LogP contribution in [0.25, 0.3) is 0 Å². The van der Waals surface area contributed by atoms with Gasteiger partial charge >= 0.3 is 5.97 Å². The normalized spacial score (nSPS) is 10.3. The molecule has 1 amide bonds. The zero-order valence-corrected chi connectivity index (χ0v) is 11.6. The Morgan fingerprint density at radius 2 is 2.05 bits per heavy atom. The predicted molar refractivity (Wildman–Crippen MR) is 74.4 cm³/mol. The number of halogens is 1. The van der Waals surface area contributed by atoms with Gasteiger partial charge in [0.2, 0.25) is 0 Å². The largest absolute Gasteiger partial charge is 0.478 e. The number of amides is 1. The molecule has 0 saturated carbocycles. The van der Waals surface area contributed by atoms with Crippen molar-refractivity contribution in [1.82, 2.24) is 10.2 Å². The van der Waals surface area contributed by atoms with Crippen molar-refractivity contribution in [3.05, 3.63) is 45.7 Å². The second-order valence-electron chi connectivity index (χ2n) is 4.26. The average molecular weight is 294 g/mol. The van der Waals surface area contributed by atoms with E-state index in [4.69, 9.17) is 16.7 Å². The zero-order valence-electron chi connectivity index (χ0n) is 10.8. The van der Waals surface area contributed by atoms with Gasteiger partial charge in [-0.1, -0.05) is 11.6 Å². The van der Waals surface area contributed by atoms with E-state index in [1.165, 1.54) is 18.2 Å². The fourth-order valence-electron chi connectivity index (χ4n) is 1.88. The molecular weight excluding hydrogens is 282 g/mol. The molecule has 104 valence electrons. The van der Waals surface area contributed by atoms with E-state index >= 15 is 0 Å². The summed E-state index contributed by atoms with van der Waals surface area (Å²) in [6.07, 6.45) is 0. The van der Waals surface area contributed by atoms with Crippen LogP contribution in [-0.4, -0.2) is 27.2 Å². The van der Waals surface area contributed by atoms with Crippen LogP contribution < -0.4 is 5.32 Å². The number of carboxylic acid groups (broad SMARTS) is 1. The molecule has 0 unspecified atom stereocenters. The summed E-state index contributed by atoms with van der Waals surface area (Å²) in [6, 6.07) is 4.19. The van der Waals surface area contributed by atoms with E-state index < -0.39 is 11.9 Å². The van der Waals surface area contributed by atoms with Crippen LogP contribution >= 0.6 is 11.6 Å². The Hall–Kier alpha value is -2.34. The van der Waals surface area contributed by atoms with E-state index in [0.717, 1.165) is 0 Å². The highest BCUT2D eigenvalue weighted by molar-refractivity contribution is 6.31. The SMILES string of the molecule is Cc1n[nH]c(C)c1C(=O)Nc1cc(Cl)ccc1C(=O)O. The number of anilines is 1. The zero-order chi connectivity index (χ0) is 14.9. The molecule has 2 rings (SSSR count). The summed E-state index contributed by atoms with van der Waals surface area (Å²) < 4.78 is 0. The lowest BCUT2D eigenvalue weighted by molar-refractivity contribution is 0.0698. The van der Waals surface area contributed by atoms with Gasteiger partial charge in [0.25, 0.3) is 5.91 Å². The summed E-state index contributed by atoms with van der Waals surface area (Å²) in [7, 11) is 0. The second-order valence-corrected chi connectivity index (χ2v) is 4.69. The third kappa shape index (κ3) is 2.65. The summed E-state index contributed by atoms with van der Waals surface area (Å²) in [4.78, 5) is 23.3. The lowest BCUT2D eigenvalue weighted by Crippen LogP contribution is -2.16. The highest BCUT2D eigenvalue weighted by Crippen LogP contribution is 2.22. The fourth-order valence-corrected chi connectivity index (χ4v) is 2.05. The van der Waals surface area contributed by atoms with Crippen molar-refractivity contribution >= 4 is 29.2 Å². The van der Waals surface area contributed by atoms with Crippen LogP contribution in [-0.2, 0) is 0 Å². The Bertz CT molecular complexity index is 675. The average Bonchev–Trinajstić information content (AvgIpc) is 2.68. The number of nitrogens with one attached hydrogen (secondary N) is 2. The molecule has 3 N–H and O–H groups in total. The van der Waals surface area contributed by atoms with Gasteiger partial charge in [0.1, 0.15) is 0 Å². The lowest BCUT2D eigenvalue weighted by atomic mass is 10.1. The molecule has 1 heterocycles. The first kappa shape index (κ1) is 14.1. The van der Waals surface area contributed by atoms with Crippen LogP contribution in [0.3, 0.4) is 0 Å². The Morgan fingerprint density at radius 1 is 1.35 bits per heavy atom. The van der Waals surface area contributed by atoms with Crippen molar-refractivity contribution in [2.24, 2.45) is 0 Å². The molecule has 0 fully saturated rings. The molecule has 0 saturated heterocycles. The monoisotopic (exact) mass is 293 g/mol. The number of carbonyl (C=O) groups is 2. The maximum atomic E-state index is 12.2. The number of hydrogen-bond donors (Lipinski definition) is 3. The molecule has 7 heteroatoms. The van der Waals surface area contributed by atoms with E-state index in [1.807, 2.05) is 0 Å². The molecule has 0 spiro atoms. The van der Waals surface area contributed by atoms with E-state index in [1.54, 1.807) is 13.8 Å². The van der Waals surface area contributed by atoms with E-state index in [2.05, 4.69) is 15.5 Å². The smallest absolute Gasteiger partial charge is 0.337 e. The molecule has 20 heavy (non-hydrogen) atoms. The van der Waals surface area contributed by atoms with Crippen molar-refractivity contribution in [1.29, 1.82) is 0 Å². The number of aromatic carboxylic acids is 1. The number of H-pyrrole nitrogens is 1. The fraction of sp³-hybridized carbons (Fsp3) is 0.154. The highest BCUT2D eigenvalue weighted by Gasteiger charge is 2.18. The minimum Gasteiger partial charge on any atom is -0.478 e. The van der Waals surface area contributed by atoms with Crippen molar-refractivity contribution in [2.45, 2.75) is 13.8 Å². The van der Waals surface area contributed by atoms with Gasteiger partial charge in [-0.2, -0.15) is 5.10 Å². The summed E-state index contributed by atoms with van der Waals surface area (Å²) in [5.74, 6) is -1.57. The van der Waals surface area contributed by atoms with Crippen LogP contribution in [0, 0.1) is 13.8 Å². The molecule has 0 bridgehead atoms. The quantitative estimate of drug-likeness (QED) is 0.810. The van der Waals surface area contributed by atoms with Gasteiger partial charge in [-0.25, -0.2) is 4.79 Å². The molecule has 1 aromatic heterocycles. The first-order valence-electron chi connectivity index (χ1n) is 5.76.